The average Bonchev–Trinajstić information content (AvgIpc) is 2.82. The van der Waals surface area contributed by atoms with E-state index >= 15 is 0 Å². The van der Waals surface area contributed by atoms with Crippen LogP contribution < -0.4 is 0 Å². The number of rotatable bonds is 11. The van der Waals surface area contributed by atoms with Crippen LogP contribution in [-0.2, 0) is 4.79 Å². The molecule has 1 nitrogen and oxygen atoms in total. The van der Waals surface area contributed by atoms with Crippen LogP contribution >= 0.6 is 11.8 Å². The summed E-state index contributed by atoms with van der Waals surface area (Å²) in [6.45, 7) is 40.8. The molecule has 0 saturated heterocycles. The summed E-state index contributed by atoms with van der Waals surface area (Å²) in [5.41, 5.74) is 13.0. The second-order valence-corrected chi connectivity index (χ2v) is 19.5. The van der Waals surface area contributed by atoms with Gasteiger partial charge in [0.05, 0.1) is 0 Å². The first kappa shape index (κ1) is 37.7. The lowest BCUT2D eigenvalue weighted by Gasteiger charge is -2.57. The summed E-state index contributed by atoms with van der Waals surface area (Å²) < 4.78 is 0. The van der Waals surface area contributed by atoms with E-state index in [1.165, 1.54) is 22.9 Å². The Morgan fingerprint density at radius 1 is 0.860 bits per heavy atom. The zero-order chi connectivity index (χ0) is 33.4. The predicted octanol–water partition coefficient (Wildman–Crippen LogP) is 12.6. The van der Waals surface area contributed by atoms with Crippen molar-refractivity contribution in [2.24, 2.45) is 50.2 Å². The van der Waals surface area contributed by atoms with Crippen molar-refractivity contribution in [3.8, 4) is 0 Å². The van der Waals surface area contributed by atoms with E-state index in [0.717, 1.165) is 30.6 Å². The van der Waals surface area contributed by atoms with E-state index in [0.29, 0.717) is 17.8 Å². The van der Waals surface area contributed by atoms with E-state index in [1.54, 1.807) is 12.5 Å². The zero-order valence-electron chi connectivity index (χ0n) is 31.2. The molecule has 0 fully saturated rings. The van der Waals surface area contributed by atoms with Crippen LogP contribution in [0.15, 0.2) is 58.1 Å². The molecule has 0 aromatic rings. The molecule has 0 amide bonds. The number of thioether (sulfide) groups is 1. The maximum Gasteiger partial charge on any atom is 0.186 e. The smallest absolute Gasteiger partial charge is 0.186 e. The molecule has 0 aromatic carbocycles. The number of hydrogen-bond donors (Lipinski definition) is 0. The standard InChI is InChI=1S/C41H66OS/c1-28-18-22-33(23-19-28)35(36(4,5)6)40(14,15)29(2)34(32-24-20-31(21-25-32)26-43-30(3)42)38(10,11)27-39(12,13)41(16,17)37(7,8)9/h18,20,22,24,29,34-35H,21,25-27H2,1-17H3. The van der Waals surface area contributed by atoms with Crippen molar-refractivity contribution in [1.82, 2.24) is 0 Å². The molecule has 0 saturated carbocycles. The number of hydrogen-bond acceptors (Lipinski definition) is 2. The number of allylic oxidation sites excluding steroid dienone is 7. The predicted molar refractivity (Wildman–Crippen MR) is 192 cm³/mol. The molecule has 0 radical (unpaired) electrons. The Hall–Kier alpha value is -1.46. The summed E-state index contributed by atoms with van der Waals surface area (Å²) in [7, 11) is 0. The topological polar surface area (TPSA) is 17.1 Å². The highest BCUT2D eigenvalue weighted by Gasteiger charge is 2.53. The maximum absolute atomic E-state index is 11.7. The van der Waals surface area contributed by atoms with Gasteiger partial charge in [-0.1, -0.05) is 150 Å². The lowest BCUT2D eigenvalue weighted by molar-refractivity contribution is -0.109. The van der Waals surface area contributed by atoms with Gasteiger partial charge in [0.1, 0.15) is 0 Å². The fraction of sp³-hybridized carbons (Fsp3) is 0.732. The highest BCUT2D eigenvalue weighted by atomic mass is 32.2. The fourth-order valence-electron chi connectivity index (χ4n) is 8.57. The van der Waals surface area contributed by atoms with Crippen LogP contribution in [0.5, 0.6) is 0 Å². The Kier molecular flexibility index (Phi) is 11.5. The molecule has 2 heteroatoms. The highest BCUT2D eigenvalue weighted by molar-refractivity contribution is 8.13. The minimum Gasteiger partial charge on any atom is -0.288 e. The van der Waals surface area contributed by atoms with E-state index in [2.05, 4.69) is 147 Å². The summed E-state index contributed by atoms with van der Waals surface area (Å²) in [4.78, 5) is 11.7. The summed E-state index contributed by atoms with van der Waals surface area (Å²) in [5.74, 6) is 1.97. The van der Waals surface area contributed by atoms with E-state index in [-0.39, 0.29) is 37.6 Å². The van der Waals surface area contributed by atoms with Crippen molar-refractivity contribution in [3.63, 3.8) is 0 Å². The van der Waals surface area contributed by atoms with Gasteiger partial charge in [0.2, 0.25) is 0 Å². The molecule has 0 bridgehead atoms. The third-order valence-electron chi connectivity index (χ3n) is 11.9. The first-order valence-corrected chi connectivity index (χ1v) is 17.7. The Bertz CT molecular complexity index is 1230. The second-order valence-electron chi connectivity index (χ2n) is 18.4. The van der Waals surface area contributed by atoms with E-state index < -0.39 is 0 Å². The molecular weight excluding hydrogens is 541 g/mol. The Morgan fingerprint density at radius 2 is 1.44 bits per heavy atom. The van der Waals surface area contributed by atoms with Crippen molar-refractivity contribution in [1.29, 1.82) is 0 Å². The summed E-state index contributed by atoms with van der Waals surface area (Å²) >= 11 is 1.44. The second kappa shape index (κ2) is 13.1. The lowest BCUT2D eigenvalue weighted by Crippen LogP contribution is -2.49. The quantitative estimate of drug-likeness (QED) is 0.218. The van der Waals surface area contributed by atoms with Crippen molar-refractivity contribution >= 4 is 16.9 Å². The first-order valence-electron chi connectivity index (χ1n) is 16.7. The van der Waals surface area contributed by atoms with E-state index in [9.17, 15) is 4.79 Å². The number of carbonyl (C=O) groups is 1. The van der Waals surface area contributed by atoms with Crippen molar-refractivity contribution < 1.29 is 4.79 Å². The Morgan fingerprint density at radius 3 is 1.86 bits per heavy atom. The average molecular weight is 607 g/mol. The molecule has 0 aliphatic heterocycles. The van der Waals surface area contributed by atoms with Gasteiger partial charge in [-0.25, -0.2) is 0 Å². The van der Waals surface area contributed by atoms with Crippen molar-refractivity contribution in [3.05, 3.63) is 58.1 Å². The van der Waals surface area contributed by atoms with Gasteiger partial charge in [-0.05, 0) is 88.2 Å². The molecule has 0 N–H and O–H groups in total. The van der Waals surface area contributed by atoms with Crippen LogP contribution in [-0.4, -0.2) is 10.9 Å². The fourth-order valence-corrected chi connectivity index (χ4v) is 9.20. The zero-order valence-corrected chi connectivity index (χ0v) is 32.0. The largest absolute Gasteiger partial charge is 0.288 e. The molecule has 242 valence electrons. The molecule has 2 aliphatic carbocycles. The monoisotopic (exact) mass is 606 g/mol. The molecular formula is C41H66OS. The minimum absolute atomic E-state index is 0.00120. The molecule has 3 atom stereocenters. The van der Waals surface area contributed by atoms with Gasteiger partial charge < -0.3 is 0 Å². The minimum atomic E-state index is -0.00120. The molecule has 0 heterocycles. The number of carbonyl (C=O) groups excluding carboxylic acids is 1. The van der Waals surface area contributed by atoms with Crippen LogP contribution in [0.2, 0.25) is 0 Å². The first-order chi connectivity index (χ1) is 19.3. The van der Waals surface area contributed by atoms with E-state index in [4.69, 9.17) is 0 Å². The van der Waals surface area contributed by atoms with Crippen LogP contribution in [0, 0.1) is 50.2 Å². The highest BCUT2D eigenvalue weighted by Crippen LogP contribution is 2.61. The van der Waals surface area contributed by atoms with Crippen LogP contribution in [0.1, 0.15) is 137 Å². The van der Waals surface area contributed by atoms with Gasteiger partial charge in [0.25, 0.3) is 0 Å². The summed E-state index contributed by atoms with van der Waals surface area (Å²) in [6, 6.07) is 0. The van der Waals surface area contributed by atoms with Crippen LogP contribution in [0.4, 0.5) is 0 Å². The van der Waals surface area contributed by atoms with Gasteiger partial charge in [-0.3, -0.25) is 4.79 Å². The SMILES string of the molecule is CC(=O)SCC1=CC=C(C(C(C)C(C)(C)C(C2=C=C=C(C)C=C2)C(C)(C)C)C(C)(C)CC(C)(C)C(C)(C)C(C)(C)C)CC1. The normalized spacial score (nSPS) is 19.3. The van der Waals surface area contributed by atoms with E-state index in [1.807, 2.05) is 0 Å². The molecule has 2 aliphatic rings. The van der Waals surface area contributed by atoms with Crippen molar-refractivity contribution in [2.75, 3.05) is 5.75 Å². The third-order valence-corrected chi connectivity index (χ3v) is 12.9. The third kappa shape index (κ3) is 8.63. The lowest BCUT2D eigenvalue weighted by atomic mass is 9.47. The Balaban J connectivity index is 2.72. The molecule has 2 rings (SSSR count). The van der Waals surface area contributed by atoms with Gasteiger partial charge in [0.15, 0.2) is 5.12 Å². The van der Waals surface area contributed by atoms with Gasteiger partial charge in [-0.15, -0.1) is 0 Å². The van der Waals surface area contributed by atoms with Crippen LogP contribution in [0.25, 0.3) is 0 Å². The molecule has 43 heavy (non-hydrogen) atoms. The van der Waals surface area contributed by atoms with Crippen molar-refractivity contribution in [2.45, 2.75) is 137 Å². The summed E-state index contributed by atoms with van der Waals surface area (Å²) in [5, 5.41) is 0.201. The van der Waals surface area contributed by atoms with Crippen LogP contribution in [0.3, 0.4) is 0 Å². The maximum atomic E-state index is 11.7. The van der Waals surface area contributed by atoms with Gasteiger partial charge in [0, 0.05) is 24.2 Å². The Labute approximate surface area is 271 Å². The molecule has 0 aromatic heterocycles. The van der Waals surface area contributed by atoms with Gasteiger partial charge in [-0.2, -0.15) is 0 Å². The molecule has 0 spiro atoms. The molecule has 3 unspecified atom stereocenters. The summed E-state index contributed by atoms with van der Waals surface area (Å²) in [6.07, 6.45) is 12.6. The van der Waals surface area contributed by atoms with Gasteiger partial charge >= 0.3 is 0 Å².